The molecule has 0 amide bonds. The molecule has 0 fully saturated rings. The topological polar surface area (TPSA) is 23.9 Å². The molecular weight excluding hydrogens is 249 g/mol. The first-order valence-corrected chi connectivity index (χ1v) is 5.26. The minimum atomic E-state index is 0.708. The molecule has 0 radical (unpaired) electrons. The monoisotopic (exact) mass is 265 g/mol. The Morgan fingerprint density at radius 1 is 1.64 bits per heavy atom. The normalized spacial score (nSPS) is 14.6. The summed E-state index contributed by atoms with van der Waals surface area (Å²) in [5.74, 6) is 0. The van der Waals surface area contributed by atoms with E-state index in [4.69, 9.17) is 5.41 Å². The second kappa shape index (κ2) is 6.83. The van der Waals surface area contributed by atoms with Crippen LogP contribution in [0.3, 0.4) is 0 Å². The van der Waals surface area contributed by atoms with Gasteiger partial charge in [0.25, 0.3) is 0 Å². The Morgan fingerprint density at radius 3 is 2.64 bits per heavy atom. The molecule has 0 saturated carbocycles. The van der Waals surface area contributed by atoms with E-state index in [0.717, 1.165) is 19.3 Å². The van der Waals surface area contributed by atoms with Gasteiger partial charge in [-0.15, -0.1) is 0 Å². The van der Waals surface area contributed by atoms with Crippen LogP contribution in [0.4, 0.5) is 0 Å². The van der Waals surface area contributed by atoms with Crippen LogP contribution in [0.15, 0.2) is 11.6 Å². The van der Waals surface area contributed by atoms with Gasteiger partial charge in [0.2, 0.25) is 0 Å². The van der Waals surface area contributed by atoms with E-state index in [1.165, 1.54) is 11.8 Å². The van der Waals surface area contributed by atoms with Gasteiger partial charge >= 0.3 is 0 Å². The highest BCUT2D eigenvalue weighted by Crippen LogP contribution is 2.11. The fourth-order valence-electron chi connectivity index (χ4n) is 0.832. The fraction of sp³-hybridized carbons (Fsp3) is 0.667. The predicted octanol–water partition coefficient (Wildman–Crippen LogP) is 3.58. The fourth-order valence-corrected chi connectivity index (χ4v) is 1.09. The zero-order valence-electron chi connectivity index (χ0n) is 7.23. The molecule has 1 atom stereocenters. The highest BCUT2D eigenvalue weighted by Gasteiger charge is 1.94. The minimum Gasteiger partial charge on any atom is -0.313 e. The van der Waals surface area contributed by atoms with Gasteiger partial charge in [-0.25, -0.2) is 0 Å². The maximum atomic E-state index is 6.95. The van der Waals surface area contributed by atoms with E-state index in [1.807, 2.05) is 0 Å². The number of halogens is 1. The molecule has 0 aromatic rings. The van der Waals surface area contributed by atoms with Crippen LogP contribution < -0.4 is 0 Å². The van der Waals surface area contributed by atoms with Gasteiger partial charge in [0.15, 0.2) is 0 Å². The number of rotatable bonds is 5. The lowest BCUT2D eigenvalue weighted by atomic mass is 10.1. The molecule has 0 saturated heterocycles. The van der Waals surface area contributed by atoms with Crippen LogP contribution in [0.5, 0.6) is 0 Å². The lowest BCUT2D eigenvalue weighted by Gasteiger charge is -2.01. The summed E-state index contributed by atoms with van der Waals surface area (Å²) < 4.78 is 0.708. The molecule has 0 aromatic carbocycles. The molecule has 0 aromatic heterocycles. The molecule has 1 nitrogen and oxygen atoms in total. The Bertz CT molecular complexity index is 138. The van der Waals surface area contributed by atoms with Gasteiger partial charge in [0.1, 0.15) is 0 Å². The first kappa shape index (κ1) is 11.1. The van der Waals surface area contributed by atoms with Crippen molar-refractivity contribution in [3.63, 3.8) is 0 Å². The van der Waals surface area contributed by atoms with Crippen LogP contribution in [-0.2, 0) is 0 Å². The van der Waals surface area contributed by atoms with Crippen molar-refractivity contribution < 1.29 is 0 Å². The smallest absolute Gasteiger partial charge is 0.0116 e. The summed E-state index contributed by atoms with van der Waals surface area (Å²) >= 11 is 2.42. The Hall–Kier alpha value is 0.140. The molecule has 64 valence electrons. The van der Waals surface area contributed by atoms with E-state index in [-0.39, 0.29) is 0 Å². The maximum Gasteiger partial charge on any atom is 0.0116 e. The van der Waals surface area contributed by atoms with E-state index >= 15 is 0 Å². The van der Waals surface area contributed by atoms with Crippen molar-refractivity contribution >= 4 is 28.8 Å². The molecule has 0 aliphatic heterocycles. The average molecular weight is 265 g/mol. The number of alkyl halides is 1. The van der Waals surface area contributed by atoms with Crippen molar-refractivity contribution in [1.82, 2.24) is 0 Å². The predicted molar refractivity (Wildman–Crippen MR) is 59.9 cm³/mol. The zero-order chi connectivity index (χ0) is 8.69. The number of hydrogen-bond acceptors (Lipinski definition) is 1. The average Bonchev–Trinajstić information content (AvgIpc) is 1.97. The summed E-state index contributed by atoms with van der Waals surface area (Å²) in [4.78, 5) is 0. The second-order valence-electron chi connectivity index (χ2n) is 2.64. The Labute approximate surface area is 82.9 Å². The highest BCUT2D eigenvalue weighted by atomic mass is 127. The van der Waals surface area contributed by atoms with Crippen molar-refractivity contribution in [2.45, 2.75) is 37.0 Å². The second-order valence-corrected chi connectivity index (χ2v) is 4.77. The van der Waals surface area contributed by atoms with Gasteiger partial charge in [-0.3, -0.25) is 0 Å². The van der Waals surface area contributed by atoms with Crippen molar-refractivity contribution in [3.8, 4) is 0 Å². The van der Waals surface area contributed by atoms with Crippen LogP contribution in [0.25, 0.3) is 0 Å². The largest absolute Gasteiger partial charge is 0.313 e. The van der Waals surface area contributed by atoms with Crippen molar-refractivity contribution in [1.29, 1.82) is 5.41 Å². The molecule has 11 heavy (non-hydrogen) atoms. The number of allylic oxidation sites excluding steroid dienone is 2. The number of nitrogens with one attached hydrogen (secondary N) is 1. The van der Waals surface area contributed by atoms with Crippen LogP contribution >= 0.6 is 22.6 Å². The van der Waals surface area contributed by atoms with Crippen LogP contribution in [0.2, 0.25) is 0 Å². The molecule has 0 heterocycles. The van der Waals surface area contributed by atoms with Gasteiger partial charge in [-0.05, 0) is 19.1 Å². The zero-order valence-corrected chi connectivity index (χ0v) is 9.39. The van der Waals surface area contributed by atoms with Gasteiger partial charge < -0.3 is 5.41 Å². The lowest BCUT2D eigenvalue weighted by Crippen LogP contribution is -1.88. The summed E-state index contributed by atoms with van der Waals surface area (Å²) in [5, 5.41) is 6.95. The van der Waals surface area contributed by atoms with Crippen LogP contribution in [0, 0.1) is 5.41 Å². The first-order chi connectivity index (χ1) is 5.20. The molecular formula is C9H16IN. The molecule has 1 N–H and O–H groups in total. The first-order valence-electron chi connectivity index (χ1n) is 4.01. The van der Waals surface area contributed by atoms with Crippen molar-refractivity contribution in [2.24, 2.45) is 0 Å². The number of hydrogen-bond donors (Lipinski definition) is 1. The maximum absolute atomic E-state index is 6.95. The quantitative estimate of drug-likeness (QED) is 0.340. The minimum absolute atomic E-state index is 0.708. The van der Waals surface area contributed by atoms with Gasteiger partial charge in [-0.2, -0.15) is 0 Å². The van der Waals surface area contributed by atoms with Gasteiger partial charge in [0.05, 0.1) is 0 Å². The SMILES string of the molecule is CC/C(=C\CC(C)I)CC=N. The van der Waals surface area contributed by atoms with Crippen molar-refractivity contribution in [3.05, 3.63) is 11.6 Å². The summed E-state index contributed by atoms with van der Waals surface area (Å²) in [6, 6.07) is 0. The Balaban J connectivity index is 3.79. The molecule has 0 rings (SSSR count). The van der Waals surface area contributed by atoms with E-state index in [0.29, 0.717) is 3.92 Å². The lowest BCUT2D eigenvalue weighted by molar-refractivity contribution is 0.966. The van der Waals surface area contributed by atoms with E-state index in [2.05, 4.69) is 42.5 Å². The summed E-state index contributed by atoms with van der Waals surface area (Å²) in [6.45, 7) is 4.35. The molecule has 0 aliphatic carbocycles. The van der Waals surface area contributed by atoms with E-state index < -0.39 is 0 Å². The molecule has 0 aliphatic rings. The Morgan fingerprint density at radius 2 is 2.27 bits per heavy atom. The Kier molecular flexibility index (Phi) is 6.91. The van der Waals surface area contributed by atoms with Crippen LogP contribution in [0.1, 0.15) is 33.1 Å². The molecule has 1 unspecified atom stereocenters. The summed E-state index contributed by atoms with van der Waals surface area (Å²) in [7, 11) is 0. The van der Waals surface area contributed by atoms with Crippen molar-refractivity contribution in [2.75, 3.05) is 0 Å². The van der Waals surface area contributed by atoms with E-state index in [1.54, 1.807) is 0 Å². The molecule has 0 spiro atoms. The van der Waals surface area contributed by atoms with E-state index in [9.17, 15) is 0 Å². The van der Waals surface area contributed by atoms with Gasteiger partial charge in [0, 0.05) is 10.3 Å². The third kappa shape index (κ3) is 6.53. The van der Waals surface area contributed by atoms with Gasteiger partial charge in [-0.1, -0.05) is 48.1 Å². The summed E-state index contributed by atoms with van der Waals surface area (Å²) in [6.07, 6.45) is 6.80. The third-order valence-corrected chi connectivity index (χ3v) is 2.06. The standard InChI is InChI=1S/C9H16IN/c1-3-9(6-7-11)5-4-8(2)10/h5,7-8,11H,3-4,6H2,1-2H3/b9-5+,11-7?. The highest BCUT2D eigenvalue weighted by molar-refractivity contribution is 14.1. The molecule has 2 heteroatoms. The third-order valence-electron chi connectivity index (χ3n) is 1.55. The summed E-state index contributed by atoms with van der Waals surface area (Å²) in [5.41, 5.74) is 1.39. The molecule has 0 bridgehead atoms. The van der Waals surface area contributed by atoms with Crippen LogP contribution in [-0.4, -0.2) is 10.1 Å².